The Hall–Kier alpha value is -1.63. The van der Waals surface area contributed by atoms with E-state index in [2.05, 4.69) is 20.6 Å². The molecule has 2 heterocycles. The van der Waals surface area contributed by atoms with Crippen LogP contribution >= 0.6 is 22.9 Å². The van der Waals surface area contributed by atoms with E-state index in [0.29, 0.717) is 11.6 Å². The summed E-state index contributed by atoms with van der Waals surface area (Å²) in [6, 6.07) is 7.52. The first-order valence-corrected chi connectivity index (χ1v) is 9.26. The maximum atomic E-state index is 12.3. The Morgan fingerprint density at radius 2 is 1.96 bits per heavy atom. The number of urea groups is 1. The molecular weight excluding hydrogens is 344 g/mol. The summed E-state index contributed by atoms with van der Waals surface area (Å²) in [5.74, 6) is 0. The van der Waals surface area contributed by atoms with Crippen molar-refractivity contribution in [3.8, 4) is 0 Å². The lowest BCUT2D eigenvalue weighted by Gasteiger charge is -2.34. The molecule has 1 aromatic carbocycles. The minimum Gasteiger partial charge on any atom is -0.334 e. The number of thiazole rings is 1. The van der Waals surface area contributed by atoms with Crippen molar-refractivity contribution in [2.45, 2.75) is 20.0 Å². The van der Waals surface area contributed by atoms with E-state index in [1.54, 1.807) is 11.3 Å². The van der Waals surface area contributed by atoms with E-state index in [0.717, 1.165) is 49.0 Å². The van der Waals surface area contributed by atoms with Crippen molar-refractivity contribution >= 4 is 29.0 Å². The summed E-state index contributed by atoms with van der Waals surface area (Å²) < 4.78 is 0. The molecule has 1 aliphatic rings. The van der Waals surface area contributed by atoms with E-state index in [1.807, 2.05) is 36.1 Å². The molecule has 5 nitrogen and oxygen atoms in total. The van der Waals surface area contributed by atoms with Crippen LogP contribution in [0.15, 0.2) is 29.6 Å². The SMILES string of the molecule is Cc1nc(CN2CCN(C(=O)NCc3ccc(Cl)cc3)CC2)cs1. The van der Waals surface area contributed by atoms with Crippen LogP contribution in [0.3, 0.4) is 0 Å². The molecular formula is C17H21ClN4OS. The van der Waals surface area contributed by atoms with Crippen LogP contribution in [0.1, 0.15) is 16.3 Å². The summed E-state index contributed by atoms with van der Waals surface area (Å²) in [7, 11) is 0. The van der Waals surface area contributed by atoms with Gasteiger partial charge >= 0.3 is 6.03 Å². The van der Waals surface area contributed by atoms with E-state index in [9.17, 15) is 4.79 Å². The number of halogens is 1. The number of rotatable bonds is 4. The van der Waals surface area contributed by atoms with Crippen molar-refractivity contribution in [3.05, 3.63) is 50.9 Å². The number of hydrogen-bond acceptors (Lipinski definition) is 4. The summed E-state index contributed by atoms with van der Waals surface area (Å²) in [6.45, 7) is 6.66. The van der Waals surface area contributed by atoms with Gasteiger partial charge in [-0.15, -0.1) is 11.3 Å². The number of hydrogen-bond donors (Lipinski definition) is 1. The molecule has 0 bridgehead atoms. The average Bonchev–Trinajstić information content (AvgIpc) is 2.99. The van der Waals surface area contributed by atoms with Gasteiger partial charge in [-0.1, -0.05) is 23.7 Å². The number of carbonyl (C=O) groups excluding carboxylic acids is 1. The third-order valence-corrected chi connectivity index (χ3v) is 5.14. The Balaban J connectivity index is 1.42. The number of benzene rings is 1. The van der Waals surface area contributed by atoms with Crippen molar-refractivity contribution in [2.24, 2.45) is 0 Å². The number of nitrogens with zero attached hydrogens (tertiary/aromatic N) is 3. The third kappa shape index (κ3) is 4.69. The molecule has 2 amide bonds. The van der Waals surface area contributed by atoms with Gasteiger partial charge in [0, 0.05) is 49.7 Å². The molecule has 1 aromatic heterocycles. The molecule has 2 aromatic rings. The molecule has 1 aliphatic heterocycles. The van der Waals surface area contributed by atoms with Gasteiger partial charge < -0.3 is 10.2 Å². The van der Waals surface area contributed by atoms with Crippen molar-refractivity contribution in [3.63, 3.8) is 0 Å². The first-order chi connectivity index (χ1) is 11.6. The van der Waals surface area contributed by atoms with Crippen LogP contribution in [-0.4, -0.2) is 47.0 Å². The van der Waals surface area contributed by atoms with Crippen LogP contribution in [0, 0.1) is 6.92 Å². The zero-order valence-corrected chi connectivity index (χ0v) is 15.2. The first-order valence-electron chi connectivity index (χ1n) is 8.01. The molecule has 7 heteroatoms. The van der Waals surface area contributed by atoms with Crippen LogP contribution < -0.4 is 5.32 Å². The van der Waals surface area contributed by atoms with Gasteiger partial charge in [0.25, 0.3) is 0 Å². The van der Waals surface area contributed by atoms with Gasteiger partial charge in [0.2, 0.25) is 0 Å². The van der Waals surface area contributed by atoms with Crippen LogP contribution in [0.5, 0.6) is 0 Å². The lowest BCUT2D eigenvalue weighted by Crippen LogP contribution is -2.51. The van der Waals surface area contributed by atoms with Crippen LogP contribution in [0.2, 0.25) is 5.02 Å². The zero-order valence-electron chi connectivity index (χ0n) is 13.7. The fraction of sp³-hybridized carbons (Fsp3) is 0.412. The molecule has 128 valence electrons. The second-order valence-electron chi connectivity index (χ2n) is 5.91. The lowest BCUT2D eigenvalue weighted by molar-refractivity contribution is 0.134. The highest BCUT2D eigenvalue weighted by Crippen LogP contribution is 2.13. The monoisotopic (exact) mass is 364 g/mol. The Labute approximate surface area is 151 Å². The fourth-order valence-electron chi connectivity index (χ4n) is 2.71. The minimum absolute atomic E-state index is 0.00546. The Kier molecular flexibility index (Phi) is 5.71. The molecule has 0 unspecified atom stereocenters. The number of amides is 2. The Morgan fingerprint density at radius 3 is 2.58 bits per heavy atom. The van der Waals surface area contributed by atoms with E-state index < -0.39 is 0 Å². The van der Waals surface area contributed by atoms with E-state index in [1.165, 1.54) is 0 Å². The molecule has 1 N–H and O–H groups in total. The minimum atomic E-state index is -0.00546. The molecule has 0 aliphatic carbocycles. The summed E-state index contributed by atoms with van der Waals surface area (Å²) in [6.07, 6.45) is 0. The van der Waals surface area contributed by atoms with Gasteiger partial charge in [-0.3, -0.25) is 4.90 Å². The number of aromatic nitrogens is 1. The summed E-state index contributed by atoms with van der Waals surface area (Å²) >= 11 is 7.55. The number of nitrogens with one attached hydrogen (secondary N) is 1. The van der Waals surface area contributed by atoms with E-state index in [-0.39, 0.29) is 6.03 Å². The van der Waals surface area contributed by atoms with Gasteiger partial charge in [0.15, 0.2) is 0 Å². The number of aryl methyl sites for hydroxylation is 1. The Morgan fingerprint density at radius 1 is 1.25 bits per heavy atom. The quantitative estimate of drug-likeness (QED) is 0.906. The maximum absolute atomic E-state index is 12.3. The largest absolute Gasteiger partial charge is 0.334 e. The fourth-order valence-corrected chi connectivity index (χ4v) is 3.44. The highest BCUT2D eigenvalue weighted by molar-refractivity contribution is 7.09. The smallest absolute Gasteiger partial charge is 0.317 e. The molecule has 0 saturated carbocycles. The van der Waals surface area contributed by atoms with Crippen molar-refractivity contribution in [1.82, 2.24) is 20.1 Å². The highest BCUT2D eigenvalue weighted by atomic mass is 35.5. The second-order valence-corrected chi connectivity index (χ2v) is 7.40. The van der Waals surface area contributed by atoms with Crippen molar-refractivity contribution < 1.29 is 4.79 Å². The summed E-state index contributed by atoms with van der Waals surface area (Å²) in [5.41, 5.74) is 2.17. The van der Waals surface area contributed by atoms with Crippen LogP contribution in [0.25, 0.3) is 0 Å². The molecule has 0 radical (unpaired) electrons. The van der Waals surface area contributed by atoms with E-state index >= 15 is 0 Å². The lowest BCUT2D eigenvalue weighted by atomic mass is 10.2. The number of carbonyl (C=O) groups is 1. The Bertz CT molecular complexity index is 680. The molecule has 1 fully saturated rings. The second kappa shape index (κ2) is 7.96. The summed E-state index contributed by atoms with van der Waals surface area (Å²) in [4.78, 5) is 21.0. The molecule has 1 saturated heterocycles. The normalized spacial score (nSPS) is 15.5. The maximum Gasteiger partial charge on any atom is 0.317 e. The molecule has 24 heavy (non-hydrogen) atoms. The molecule has 0 atom stereocenters. The van der Waals surface area contributed by atoms with Crippen LogP contribution in [0.4, 0.5) is 4.79 Å². The third-order valence-electron chi connectivity index (χ3n) is 4.07. The molecule has 3 rings (SSSR count). The van der Waals surface area contributed by atoms with Crippen molar-refractivity contribution in [2.75, 3.05) is 26.2 Å². The zero-order chi connectivity index (χ0) is 16.9. The topological polar surface area (TPSA) is 48.5 Å². The number of piperazine rings is 1. The van der Waals surface area contributed by atoms with Gasteiger partial charge in [-0.05, 0) is 24.6 Å². The van der Waals surface area contributed by atoms with Gasteiger partial charge in [0.05, 0.1) is 10.7 Å². The van der Waals surface area contributed by atoms with Gasteiger partial charge in [0.1, 0.15) is 0 Å². The standard InChI is InChI=1S/C17H21ClN4OS/c1-13-20-16(12-24-13)11-21-6-8-22(9-7-21)17(23)19-10-14-2-4-15(18)5-3-14/h2-5,12H,6-11H2,1H3,(H,19,23). The molecule has 0 spiro atoms. The van der Waals surface area contributed by atoms with Gasteiger partial charge in [-0.2, -0.15) is 0 Å². The predicted molar refractivity (Wildman–Crippen MR) is 97.4 cm³/mol. The predicted octanol–water partition coefficient (Wildman–Crippen LogP) is 3.13. The summed E-state index contributed by atoms with van der Waals surface area (Å²) in [5, 5.41) is 6.89. The first kappa shape index (κ1) is 17.2. The highest BCUT2D eigenvalue weighted by Gasteiger charge is 2.21. The average molecular weight is 365 g/mol. The van der Waals surface area contributed by atoms with Crippen molar-refractivity contribution in [1.29, 1.82) is 0 Å². The van der Waals surface area contributed by atoms with Gasteiger partial charge in [-0.25, -0.2) is 9.78 Å². The van der Waals surface area contributed by atoms with Crippen LogP contribution in [-0.2, 0) is 13.1 Å². The van der Waals surface area contributed by atoms with E-state index in [4.69, 9.17) is 11.6 Å².